The number of nitrogens with two attached hydrogens (primary N) is 1. The summed E-state index contributed by atoms with van der Waals surface area (Å²) in [4.78, 5) is 48.5. The summed E-state index contributed by atoms with van der Waals surface area (Å²) in [6.45, 7) is 2.55. The zero-order chi connectivity index (χ0) is 24.2. The molecule has 1 saturated heterocycles. The molecule has 0 aromatic carbocycles. The molecule has 2 aromatic heterocycles. The second-order valence-corrected chi connectivity index (χ2v) is 9.50. The smallest absolute Gasteiger partial charge is 0.352 e. The monoisotopic (exact) mass is 503 g/mol. The van der Waals surface area contributed by atoms with Gasteiger partial charge in [-0.3, -0.25) is 14.5 Å². The van der Waals surface area contributed by atoms with Gasteiger partial charge in [0.2, 0.25) is 0 Å². The Morgan fingerprint density at radius 3 is 2.79 bits per heavy atom. The van der Waals surface area contributed by atoms with Gasteiger partial charge >= 0.3 is 5.97 Å². The first-order valence-electron chi connectivity index (χ1n) is 10.5. The first kappa shape index (κ1) is 23.7. The number of aromatic nitrogens is 2. The van der Waals surface area contributed by atoms with Crippen molar-refractivity contribution in [1.29, 1.82) is 0 Å². The molecule has 0 saturated carbocycles. The van der Waals surface area contributed by atoms with Crippen LogP contribution in [-0.4, -0.2) is 62.3 Å². The average Bonchev–Trinajstić information content (AvgIpc) is 3.26. The molecule has 2 atom stereocenters. The van der Waals surface area contributed by atoms with Gasteiger partial charge in [-0.2, -0.15) is 0 Å². The molecule has 178 valence electrons. The molecule has 0 radical (unpaired) electrons. The Morgan fingerprint density at radius 2 is 2.15 bits per heavy atom. The van der Waals surface area contributed by atoms with E-state index in [4.69, 9.17) is 10.6 Å². The number of nitrogens with zero attached hydrogens (tertiary/aromatic N) is 4. The van der Waals surface area contributed by atoms with E-state index < -0.39 is 29.2 Å². The van der Waals surface area contributed by atoms with Gasteiger partial charge < -0.3 is 21.0 Å². The Morgan fingerprint density at radius 1 is 1.38 bits per heavy atom. The topological polar surface area (TPSA) is 151 Å². The molecule has 11 nitrogen and oxygen atoms in total. The zero-order valence-electron chi connectivity index (χ0n) is 18.2. The predicted molar refractivity (Wildman–Crippen MR) is 126 cm³/mol. The molecule has 0 aliphatic carbocycles. The number of nitrogen functional groups attached to an aromatic ring is 1. The molecule has 1 unspecified atom stereocenters. The molecule has 2 aromatic rings. The number of β-lactam (4-membered cyclic amide) rings is 1. The van der Waals surface area contributed by atoms with E-state index in [1.54, 1.807) is 5.38 Å². The van der Waals surface area contributed by atoms with Crippen molar-refractivity contribution in [3.63, 3.8) is 0 Å². The van der Waals surface area contributed by atoms with E-state index in [9.17, 15) is 19.5 Å². The van der Waals surface area contributed by atoms with Crippen LogP contribution in [0.15, 0.2) is 52.4 Å². The highest BCUT2D eigenvalue weighted by atomic mass is 32.2. The Kier molecular flexibility index (Phi) is 7.12. The zero-order valence-corrected chi connectivity index (χ0v) is 19.8. The fourth-order valence-corrected chi connectivity index (χ4v) is 5.46. The number of thiazole rings is 1. The molecule has 4 heterocycles. The predicted octanol–water partition coefficient (Wildman–Crippen LogP) is 0.582. The van der Waals surface area contributed by atoms with Crippen molar-refractivity contribution >= 4 is 51.7 Å². The fraction of sp³-hybridized carbons (Fsp3) is 0.333. The van der Waals surface area contributed by atoms with E-state index in [1.165, 1.54) is 16.7 Å². The van der Waals surface area contributed by atoms with Gasteiger partial charge in [-0.05, 0) is 6.42 Å². The van der Waals surface area contributed by atoms with E-state index >= 15 is 0 Å². The number of carboxylic acids is 1. The molecule has 4 N–H and O–H groups in total. The highest BCUT2D eigenvalue weighted by Gasteiger charge is 2.54. The molecular formula is C21H23N6O5S2+. The average molecular weight is 504 g/mol. The van der Waals surface area contributed by atoms with Crippen molar-refractivity contribution in [3.05, 3.63) is 52.9 Å². The number of rotatable bonds is 9. The molecule has 0 bridgehead atoms. The minimum Gasteiger partial charge on any atom is -0.477 e. The highest BCUT2D eigenvalue weighted by molar-refractivity contribution is 8.00. The van der Waals surface area contributed by atoms with E-state index in [-0.39, 0.29) is 22.2 Å². The number of amides is 2. The second kappa shape index (κ2) is 10.2. The van der Waals surface area contributed by atoms with Crippen LogP contribution in [0.1, 0.15) is 19.0 Å². The summed E-state index contributed by atoms with van der Waals surface area (Å²) < 4.78 is 1.85. The van der Waals surface area contributed by atoms with Crippen molar-refractivity contribution in [1.82, 2.24) is 15.2 Å². The van der Waals surface area contributed by atoms with Gasteiger partial charge in [-0.1, -0.05) is 18.1 Å². The molecule has 2 amide bonds. The van der Waals surface area contributed by atoms with Crippen LogP contribution in [0.2, 0.25) is 0 Å². The van der Waals surface area contributed by atoms with Gasteiger partial charge in [-0.15, -0.1) is 23.1 Å². The Balaban J connectivity index is 1.52. The number of hydrogen-bond donors (Lipinski definition) is 3. The number of carbonyl (C=O) groups is 3. The van der Waals surface area contributed by atoms with Crippen LogP contribution in [0.25, 0.3) is 0 Å². The van der Waals surface area contributed by atoms with Crippen molar-refractivity contribution in [3.8, 4) is 0 Å². The lowest BCUT2D eigenvalue weighted by molar-refractivity contribution is -0.689. The van der Waals surface area contributed by atoms with Gasteiger partial charge in [0, 0.05) is 28.8 Å². The number of oxime groups is 1. The minimum absolute atomic E-state index is 0.0388. The number of carbonyl (C=O) groups excluding carboxylic acids is 2. The summed E-state index contributed by atoms with van der Waals surface area (Å²) in [5.74, 6) is -1.91. The minimum atomic E-state index is -1.18. The normalized spacial score (nSPS) is 20.0. The van der Waals surface area contributed by atoms with Crippen LogP contribution < -0.4 is 15.6 Å². The van der Waals surface area contributed by atoms with Crippen LogP contribution in [0, 0.1) is 0 Å². The van der Waals surface area contributed by atoms with Crippen LogP contribution in [0.3, 0.4) is 0 Å². The third kappa shape index (κ3) is 4.75. The molecule has 2 aliphatic rings. The van der Waals surface area contributed by atoms with Crippen LogP contribution in [0.4, 0.5) is 5.13 Å². The summed E-state index contributed by atoms with van der Waals surface area (Å²) in [5, 5.41) is 17.7. The number of carboxylic acid groups (broad SMARTS) is 1. The van der Waals surface area contributed by atoms with Gasteiger partial charge in [0.25, 0.3) is 11.8 Å². The van der Waals surface area contributed by atoms with Crippen LogP contribution in [0.5, 0.6) is 0 Å². The molecule has 4 rings (SSSR count). The third-order valence-electron chi connectivity index (χ3n) is 5.12. The molecule has 34 heavy (non-hydrogen) atoms. The van der Waals surface area contributed by atoms with Gasteiger partial charge in [0.05, 0.1) is 0 Å². The maximum atomic E-state index is 13.0. The molecular weight excluding hydrogens is 480 g/mol. The van der Waals surface area contributed by atoms with E-state index in [2.05, 4.69) is 15.5 Å². The number of aliphatic carboxylic acids is 1. The second-order valence-electron chi connectivity index (χ2n) is 7.51. The Labute approximate surface area is 203 Å². The number of hydrogen-bond acceptors (Lipinski definition) is 9. The van der Waals surface area contributed by atoms with Gasteiger partial charge in [-0.25, -0.2) is 14.3 Å². The lowest BCUT2D eigenvalue weighted by Gasteiger charge is -2.49. The van der Waals surface area contributed by atoms with Gasteiger partial charge in [0.1, 0.15) is 29.4 Å². The summed E-state index contributed by atoms with van der Waals surface area (Å²) in [6.07, 6.45) is 4.36. The summed E-state index contributed by atoms with van der Waals surface area (Å²) in [6, 6.07) is 4.66. The molecule has 0 spiro atoms. The van der Waals surface area contributed by atoms with Crippen molar-refractivity contribution in [2.24, 2.45) is 5.16 Å². The maximum absolute atomic E-state index is 13.0. The number of fused-ring (bicyclic) bond motifs is 1. The fourth-order valence-electron chi connectivity index (χ4n) is 3.58. The van der Waals surface area contributed by atoms with Crippen molar-refractivity contribution < 1.29 is 28.9 Å². The van der Waals surface area contributed by atoms with E-state index in [1.807, 2.05) is 42.1 Å². The van der Waals surface area contributed by atoms with Crippen LogP contribution >= 0.6 is 23.1 Å². The number of nitrogens with one attached hydrogen (secondary N) is 1. The highest BCUT2D eigenvalue weighted by Crippen LogP contribution is 2.40. The lowest BCUT2D eigenvalue weighted by atomic mass is 10.0. The van der Waals surface area contributed by atoms with Crippen molar-refractivity contribution in [2.75, 3.05) is 18.1 Å². The SMILES string of the molecule is CCCO/N=C(/C(=O)NC1C(=O)N2C(C(=O)O)=C(C[n+]3ccccc3)CS[C@H]12)c1csc(N)n1. The number of pyridine rings is 1. The third-order valence-corrected chi connectivity index (χ3v) is 7.13. The van der Waals surface area contributed by atoms with Crippen molar-refractivity contribution in [2.45, 2.75) is 31.3 Å². The molecule has 1 fully saturated rings. The van der Waals surface area contributed by atoms with E-state index in [0.29, 0.717) is 30.9 Å². The maximum Gasteiger partial charge on any atom is 0.352 e. The first-order chi connectivity index (χ1) is 16.4. The first-order valence-corrected chi connectivity index (χ1v) is 12.4. The van der Waals surface area contributed by atoms with Gasteiger partial charge in [0.15, 0.2) is 29.8 Å². The molecule has 2 aliphatic heterocycles. The number of anilines is 1. The quantitative estimate of drug-likeness (QED) is 0.148. The number of thioether (sulfide) groups is 1. The Hall–Kier alpha value is -3.45. The summed E-state index contributed by atoms with van der Waals surface area (Å²) >= 11 is 2.55. The lowest BCUT2D eigenvalue weighted by Crippen LogP contribution is -2.71. The molecule has 13 heteroatoms. The summed E-state index contributed by atoms with van der Waals surface area (Å²) in [5.41, 5.74) is 6.41. The standard InChI is InChI=1S/C21H22N6O5S2/c1-2-8-32-25-14(13-11-34-21(22)23-13)17(28)24-15-18(29)27-16(20(30)31)12(10-33-19(15)27)9-26-6-4-3-5-7-26/h3-7,11,15,19H,2,8-10H2,1H3,(H3-,22,23,24,28,30,31)/p+1/b25-14+/t15?,19-/m1/s1. The largest absolute Gasteiger partial charge is 0.477 e. The summed E-state index contributed by atoms with van der Waals surface area (Å²) in [7, 11) is 0. The Bertz CT molecular complexity index is 1170. The van der Waals surface area contributed by atoms with Crippen LogP contribution in [-0.2, 0) is 25.8 Å². The van der Waals surface area contributed by atoms with E-state index in [0.717, 1.165) is 11.3 Å².